The zero-order valence-electron chi connectivity index (χ0n) is 15.6. The number of hydrogen-bond acceptors (Lipinski definition) is 3. The van der Waals surface area contributed by atoms with E-state index >= 15 is 0 Å². The van der Waals surface area contributed by atoms with Crippen LogP contribution in [-0.4, -0.2) is 17.8 Å². The van der Waals surface area contributed by atoms with Crippen LogP contribution in [0.25, 0.3) is 0 Å². The Kier molecular flexibility index (Phi) is 21.3. The van der Waals surface area contributed by atoms with E-state index in [0.29, 0.717) is 0 Å². The second-order valence-electron chi connectivity index (χ2n) is 6.79. The Hall–Kier alpha value is 0.660. The predicted octanol–water partition coefficient (Wildman–Crippen LogP) is 7.45. The van der Waals surface area contributed by atoms with E-state index in [1.54, 1.807) is 0 Å². The summed E-state index contributed by atoms with van der Waals surface area (Å²) in [5.41, 5.74) is 0.115. The normalized spacial score (nSPS) is 12.7. The molecule has 23 heavy (non-hydrogen) atoms. The summed E-state index contributed by atoms with van der Waals surface area (Å²) in [6.45, 7) is 3.16. The van der Waals surface area contributed by atoms with Gasteiger partial charge in [0.05, 0.1) is 5.44 Å². The first-order chi connectivity index (χ1) is 11.3. The van der Waals surface area contributed by atoms with Crippen molar-refractivity contribution in [2.24, 2.45) is 0 Å². The van der Waals surface area contributed by atoms with Crippen molar-refractivity contribution in [3.05, 3.63) is 0 Å². The van der Waals surface area contributed by atoms with Crippen LogP contribution in [0.15, 0.2) is 0 Å². The van der Waals surface area contributed by atoms with Crippen molar-refractivity contribution in [2.45, 2.75) is 115 Å². The molecule has 0 heterocycles. The maximum absolute atomic E-state index is 5.68. The summed E-state index contributed by atoms with van der Waals surface area (Å²) < 4.78 is 5.68. The highest BCUT2D eigenvalue weighted by atomic mass is 32.1. The third kappa shape index (κ3) is 20.6. The molecule has 1 nitrogen and oxygen atoms in total. The molecule has 1 unspecified atom stereocenters. The third-order valence-electron chi connectivity index (χ3n) is 4.42. The van der Waals surface area contributed by atoms with Crippen LogP contribution in [0.5, 0.6) is 0 Å². The van der Waals surface area contributed by atoms with Crippen LogP contribution in [0.4, 0.5) is 0 Å². The molecule has 0 bridgehead atoms. The van der Waals surface area contributed by atoms with Gasteiger partial charge in [-0.25, -0.2) is 0 Å². The monoisotopic (exact) mass is 362 g/mol. The van der Waals surface area contributed by atoms with E-state index < -0.39 is 0 Å². The maximum atomic E-state index is 5.68. The molecule has 0 aromatic carbocycles. The molecule has 0 saturated heterocycles. The zero-order chi connectivity index (χ0) is 17.0. The summed E-state index contributed by atoms with van der Waals surface area (Å²) in [5.74, 6) is 0.930. The molecule has 0 saturated carbocycles. The zero-order valence-corrected chi connectivity index (χ0v) is 17.4. The van der Waals surface area contributed by atoms with Crippen molar-refractivity contribution in [1.82, 2.24) is 0 Å². The number of hydrogen-bond donors (Lipinski definition) is 2. The van der Waals surface area contributed by atoms with Gasteiger partial charge in [0.2, 0.25) is 0 Å². The van der Waals surface area contributed by atoms with Gasteiger partial charge < -0.3 is 4.74 Å². The average Bonchev–Trinajstić information content (AvgIpc) is 2.56. The summed E-state index contributed by atoms with van der Waals surface area (Å²) in [6.07, 6.45) is 21.8. The summed E-state index contributed by atoms with van der Waals surface area (Å²) in [4.78, 5) is 0. The number of rotatable bonds is 19. The van der Waals surface area contributed by atoms with Crippen LogP contribution in [0.3, 0.4) is 0 Å². The van der Waals surface area contributed by atoms with Gasteiger partial charge in [0.15, 0.2) is 0 Å². The topological polar surface area (TPSA) is 9.23 Å². The minimum atomic E-state index is 0.115. The second kappa shape index (κ2) is 20.7. The van der Waals surface area contributed by atoms with E-state index in [1.165, 1.54) is 89.9 Å². The van der Waals surface area contributed by atoms with Gasteiger partial charge in [-0.15, -0.1) is 12.6 Å². The van der Waals surface area contributed by atoms with Gasteiger partial charge in [0.25, 0.3) is 0 Å². The van der Waals surface area contributed by atoms with Crippen molar-refractivity contribution < 1.29 is 4.74 Å². The predicted molar refractivity (Wildman–Crippen MR) is 112 cm³/mol. The first kappa shape index (κ1) is 23.7. The summed E-state index contributed by atoms with van der Waals surface area (Å²) >= 11 is 8.64. The first-order valence-corrected chi connectivity index (χ1v) is 11.4. The Balaban J connectivity index is 3.02. The molecule has 0 fully saturated rings. The largest absolute Gasteiger partial charge is 0.368 e. The van der Waals surface area contributed by atoms with E-state index in [0.717, 1.165) is 25.2 Å². The van der Waals surface area contributed by atoms with Gasteiger partial charge in [-0.2, -0.15) is 12.6 Å². The highest BCUT2D eigenvalue weighted by Gasteiger charge is 2.01. The molecule has 3 heteroatoms. The minimum Gasteiger partial charge on any atom is -0.368 e. The van der Waals surface area contributed by atoms with E-state index in [1.807, 2.05) is 0 Å². The van der Waals surface area contributed by atoms with Crippen molar-refractivity contribution in [2.75, 3.05) is 12.4 Å². The second-order valence-corrected chi connectivity index (χ2v) is 7.81. The lowest BCUT2D eigenvalue weighted by molar-refractivity contribution is 0.104. The van der Waals surface area contributed by atoms with Crippen molar-refractivity contribution in [3.63, 3.8) is 0 Å². The lowest BCUT2D eigenvalue weighted by Crippen LogP contribution is -2.06. The lowest BCUT2D eigenvalue weighted by atomic mass is 10.0. The van der Waals surface area contributed by atoms with E-state index in [9.17, 15) is 0 Å². The molecule has 0 radical (unpaired) electrons. The van der Waals surface area contributed by atoms with Gasteiger partial charge in [-0.3, -0.25) is 0 Å². The van der Waals surface area contributed by atoms with Gasteiger partial charge in [0, 0.05) is 6.61 Å². The summed E-state index contributed by atoms with van der Waals surface area (Å²) in [5, 5.41) is 0. The molecule has 0 aromatic heterocycles. The van der Waals surface area contributed by atoms with Crippen molar-refractivity contribution >= 4 is 25.3 Å². The summed E-state index contributed by atoms with van der Waals surface area (Å²) in [7, 11) is 0. The standard InChI is InChI=1S/C20H42OS2/c1-2-3-4-5-6-7-8-9-10-11-12-13-14-15-18-21-20(23)17-16-19-22/h20,22-23H,2-19H2,1H3. The van der Waals surface area contributed by atoms with Crippen LogP contribution < -0.4 is 0 Å². The SMILES string of the molecule is CCCCCCCCCCCCCCCCOC(S)CCCS. The average molecular weight is 363 g/mol. The Morgan fingerprint density at radius 2 is 1.09 bits per heavy atom. The van der Waals surface area contributed by atoms with Gasteiger partial charge in [-0.05, 0) is 25.0 Å². The van der Waals surface area contributed by atoms with Gasteiger partial charge >= 0.3 is 0 Å². The molecular formula is C20H42OS2. The molecule has 0 aliphatic carbocycles. The molecule has 1 atom stereocenters. The maximum Gasteiger partial charge on any atom is 0.0999 e. The molecular weight excluding hydrogens is 320 g/mol. The first-order valence-electron chi connectivity index (χ1n) is 10.2. The Morgan fingerprint density at radius 3 is 1.52 bits per heavy atom. The molecule has 0 N–H and O–H groups in total. The van der Waals surface area contributed by atoms with Crippen molar-refractivity contribution in [1.29, 1.82) is 0 Å². The minimum absolute atomic E-state index is 0.115. The molecule has 0 amide bonds. The fourth-order valence-corrected chi connectivity index (χ4v) is 3.34. The number of ether oxygens (including phenoxy) is 1. The lowest BCUT2D eigenvalue weighted by Gasteiger charge is -2.11. The van der Waals surface area contributed by atoms with E-state index in [-0.39, 0.29) is 5.44 Å². The van der Waals surface area contributed by atoms with Crippen LogP contribution in [-0.2, 0) is 4.74 Å². The van der Waals surface area contributed by atoms with Gasteiger partial charge in [-0.1, -0.05) is 90.4 Å². The Bertz CT molecular complexity index is 212. The highest BCUT2D eigenvalue weighted by Crippen LogP contribution is 2.13. The van der Waals surface area contributed by atoms with Gasteiger partial charge in [0.1, 0.15) is 0 Å². The van der Waals surface area contributed by atoms with Crippen LogP contribution >= 0.6 is 25.3 Å². The van der Waals surface area contributed by atoms with Crippen LogP contribution in [0, 0.1) is 0 Å². The molecule has 0 aliphatic rings. The molecule has 0 aliphatic heterocycles. The summed E-state index contributed by atoms with van der Waals surface area (Å²) in [6, 6.07) is 0. The highest BCUT2D eigenvalue weighted by molar-refractivity contribution is 7.80. The smallest absolute Gasteiger partial charge is 0.0999 e. The molecule has 0 spiro atoms. The van der Waals surface area contributed by atoms with Crippen LogP contribution in [0.2, 0.25) is 0 Å². The molecule has 0 aromatic rings. The molecule has 140 valence electrons. The van der Waals surface area contributed by atoms with Crippen LogP contribution in [0.1, 0.15) is 110 Å². The van der Waals surface area contributed by atoms with E-state index in [2.05, 4.69) is 32.2 Å². The fraction of sp³-hybridized carbons (Fsp3) is 1.00. The quantitative estimate of drug-likeness (QED) is 0.138. The third-order valence-corrected chi connectivity index (χ3v) is 5.14. The number of thiol groups is 2. The van der Waals surface area contributed by atoms with E-state index in [4.69, 9.17) is 4.74 Å². The molecule has 0 rings (SSSR count). The Morgan fingerprint density at radius 1 is 0.652 bits per heavy atom. The van der Waals surface area contributed by atoms with Crippen molar-refractivity contribution in [3.8, 4) is 0 Å². The number of unbranched alkanes of at least 4 members (excludes halogenated alkanes) is 13. The fourth-order valence-electron chi connectivity index (χ4n) is 2.87. The Labute approximate surface area is 157 Å².